The molecule has 0 amide bonds. The number of allylic oxidation sites excluding steroid dienone is 4. The first-order valence-electron chi connectivity index (χ1n) is 9.78. The topological polar surface area (TPSA) is 0 Å². The van der Waals surface area contributed by atoms with Crippen LogP contribution in [0.3, 0.4) is 0 Å². The van der Waals surface area contributed by atoms with Gasteiger partial charge in [-0.15, -0.1) is 47.5 Å². The summed E-state index contributed by atoms with van der Waals surface area (Å²) in [6.07, 6.45) is 8.33. The van der Waals surface area contributed by atoms with Gasteiger partial charge in [-0.05, 0) is 0 Å². The molecule has 26 heavy (non-hydrogen) atoms. The molecule has 0 bridgehead atoms. The number of fused-ring (bicyclic) bond motifs is 1. The van der Waals surface area contributed by atoms with Crippen molar-refractivity contribution in [3.05, 3.63) is 64.3 Å². The van der Waals surface area contributed by atoms with Gasteiger partial charge in [-0.3, -0.25) is 6.08 Å². The van der Waals surface area contributed by atoms with Crippen molar-refractivity contribution in [1.82, 2.24) is 0 Å². The van der Waals surface area contributed by atoms with Gasteiger partial charge in [-0.25, -0.2) is 5.57 Å². The first-order chi connectivity index (χ1) is 11.8. The maximum absolute atomic E-state index is 3.44. The van der Waals surface area contributed by atoms with Crippen LogP contribution in [0.5, 0.6) is 0 Å². The van der Waals surface area contributed by atoms with Gasteiger partial charge in [0, 0.05) is 25.8 Å². The summed E-state index contributed by atoms with van der Waals surface area (Å²) in [5, 5.41) is 2.95. The first kappa shape index (κ1) is 23.2. The van der Waals surface area contributed by atoms with E-state index in [1.54, 1.807) is 0 Å². The zero-order chi connectivity index (χ0) is 18.6. The summed E-state index contributed by atoms with van der Waals surface area (Å²) in [5.74, 6) is 0. The Kier molecular flexibility index (Phi) is 8.86. The Bertz CT molecular complexity index is 744. The van der Waals surface area contributed by atoms with Crippen molar-refractivity contribution in [2.75, 3.05) is 0 Å². The molecule has 1 aliphatic rings. The van der Waals surface area contributed by atoms with E-state index >= 15 is 0 Å². The molecule has 0 N–H and O–H groups in total. The monoisotopic (exact) mass is 514 g/mol. The van der Waals surface area contributed by atoms with Gasteiger partial charge in [0.05, 0.1) is 0 Å². The number of benzene rings is 1. The molecule has 0 atom stereocenters. The largest absolute Gasteiger partial charge is 0.263 e. The molecule has 3 rings (SSSR count). The van der Waals surface area contributed by atoms with Crippen LogP contribution in [-0.4, -0.2) is 0 Å². The molecule has 0 fully saturated rings. The van der Waals surface area contributed by atoms with Gasteiger partial charge in [0.1, 0.15) is 0 Å². The van der Waals surface area contributed by atoms with Gasteiger partial charge in [0.15, 0.2) is 0 Å². The molecule has 0 heterocycles. The normalized spacial score (nSPS) is 15.4. The Hall–Kier alpha value is -0.820. The predicted octanol–water partition coefficient (Wildman–Crippen LogP) is 7.57. The molecule has 0 radical (unpaired) electrons. The maximum atomic E-state index is 3.44. The van der Waals surface area contributed by atoms with Crippen molar-refractivity contribution in [2.45, 2.75) is 74.1 Å². The van der Waals surface area contributed by atoms with E-state index in [1.165, 1.54) is 64.3 Å². The summed E-state index contributed by atoms with van der Waals surface area (Å²) in [6.45, 7) is 15.4. The molecule has 1 aliphatic carbocycles. The Morgan fingerprint density at radius 3 is 2.12 bits per heavy atom. The zero-order valence-corrected chi connectivity index (χ0v) is 21.3. The van der Waals surface area contributed by atoms with E-state index in [0.717, 1.165) is 0 Å². The summed E-state index contributed by atoms with van der Waals surface area (Å²) in [4.78, 5) is 0. The molecule has 2 aromatic carbocycles. The summed E-state index contributed by atoms with van der Waals surface area (Å²) in [5.41, 5.74) is 7.47. The van der Waals surface area contributed by atoms with Crippen molar-refractivity contribution in [1.29, 1.82) is 0 Å². The predicted molar refractivity (Wildman–Crippen MR) is 112 cm³/mol. The molecule has 1 heteroatoms. The van der Waals surface area contributed by atoms with Gasteiger partial charge in [0.2, 0.25) is 0 Å². The summed E-state index contributed by atoms with van der Waals surface area (Å²) < 4.78 is 0. The van der Waals surface area contributed by atoms with E-state index in [0.29, 0.717) is 0 Å². The van der Waals surface area contributed by atoms with Crippen LogP contribution in [0.1, 0.15) is 72.4 Å². The standard InChI is InChI=1S/C15H19.C10H15.Hf/c1-3-7-12-11-13(8-4-2)15-10-6-5-9-14(12)15;1-7-6-10(4,5)9(3)8(7)2;/h5-6,9-11H,3-4,7-8H2,1-2H3;1-5H3;/q2*-1;. The quantitative estimate of drug-likeness (QED) is 0.293. The second-order valence-corrected chi connectivity index (χ2v) is 7.87. The summed E-state index contributed by atoms with van der Waals surface area (Å²) >= 11 is 0. The second kappa shape index (κ2) is 9.93. The molecule has 0 aliphatic heterocycles. The van der Waals surface area contributed by atoms with Gasteiger partial charge >= 0.3 is 0 Å². The van der Waals surface area contributed by atoms with E-state index in [4.69, 9.17) is 0 Å². The van der Waals surface area contributed by atoms with Crippen molar-refractivity contribution >= 4 is 10.8 Å². The van der Waals surface area contributed by atoms with Crippen molar-refractivity contribution in [3.63, 3.8) is 0 Å². The Morgan fingerprint density at radius 1 is 1.00 bits per heavy atom. The van der Waals surface area contributed by atoms with E-state index in [2.05, 4.69) is 84.9 Å². The minimum absolute atomic E-state index is 0. The fourth-order valence-corrected chi connectivity index (χ4v) is 3.77. The van der Waals surface area contributed by atoms with Crippen LogP contribution in [0, 0.1) is 11.5 Å². The van der Waals surface area contributed by atoms with Crippen LogP contribution in [0.25, 0.3) is 10.8 Å². The van der Waals surface area contributed by atoms with E-state index in [9.17, 15) is 0 Å². The number of hydrogen-bond donors (Lipinski definition) is 0. The van der Waals surface area contributed by atoms with Gasteiger partial charge in [-0.1, -0.05) is 78.7 Å². The van der Waals surface area contributed by atoms with E-state index in [-0.39, 0.29) is 31.3 Å². The van der Waals surface area contributed by atoms with Gasteiger partial charge in [0.25, 0.3) is 0 Å². The Morgan fingerprint density at radius 2 is 1.65 bits per heavy atom. The van der Waals surface area contributed by atoms with E-state index in [1.807, 2.05) is 0 Å². The summed E-state index contributed by atoms with van der Waals surface area (Å²) in [6, 6.07) is 11.2. The minimum atomic E-state index is 0. The molecule has 0 nitrogen and oxygen atoms in total. The second-order valence-electron chi connectivity index (χ2n) is 7.87. The van der Waals surface area contributed by atoms with Crippen molar-refractivity contribution < 1.29 is 25.8 Å². The van der Waals surface area contributed by atoms with Crippen LogP contribution in [-0.2, 0) is 38.7 Å². The zero-order valence-electron chi connectivity index (χ0n) is 17.7. The van der Waals surface area contributed by atoms with Crippen LogP contribution in [0.2, 0.25) is 0 Å². The van der Waals surface area contributed by atoms with Crippen LogP contribution in [0.4, 0.5) is 0 Å². The van der Waals surface area contributed by atoms with Crippen LogP contribution >= 0.6 is 0 Å². The number of hydrogen-bond acceptors (Lipinski definition) is 0. The fraction of sp³-hybridized carbons (Fsp3) is 0.480. The van der Waals surface area contributed by atoms with Gasteiger partial charge < -0.3 is 0 Å². The minimum Gasteiger partial charge on any atom is -0.263 e. The molecule has 2 aromatic rings. The molecule has 0 unspecified atom stereocenters. The molecule has 140 valence electrons. The van der Waals surface area contributed by atoms with Gasteiger partial charge in [-0.2, -0.15) is 16.7 Å². The Balaban J connectivity index is 0.000000270. The molecule has 0 saturated carbocycles. The van der Waals surface area contributed by atoms with Crippen molar-refractivity contribution in [2.24, 2.45) is 5.41 Å². The smallest absolute Gasteiger partial charge is 0 e. The first-order valence-corrected chi connectivity index (χ1v) is 9.78. The van der Waals surface area contributed by atoms with E-state index < -0.39 is 0 Å². The maximum Gasteiger partial charge on any atom is 0 e. The molecule has 0 saturated heterocycles. The van der Waals surface area contributed by atoms with Crippen LogP contribution < -0.4 is 0 Å². The molecular weight excluding hydrogens is 479 g/mol. The number of rotatable bonds is 4. The molecule has 0 aromatic heterocycles. The third kappa shape index (κ3) is 5.12. The average molecular weight is 513 g/mol. The SMILES string of the molecule is CC1=[C-]C(C)(C)C(C)=C1C.CCCc1c[c-](CCC)c2ccccc12.[Hf]. The summed E-state index contributed by atoms with van der Waals surface area (Å²) in [7, 11) is 0. The number of aryl methyl sites for hydroxylation is 2. The molecular formula is C25H34Hf-2. The van der Waals surface area contributed by atoms with Crippen molar-refractivity contribution in [3.8, 4) is 0 Å². The fourth-order valence-electron chi connectivity index (χ4n) is 3.77. The third-order valence-corrected chi connectivity index (χ3v) is 5.57. The average Bonchev–Trinajstić information content (AvgIpc) is 3.00. The van der Waals surface area contributed by atoms with Crippen LogP contribution in [0.15, 0.2) is 47.1 Å². The Labute approximate surface area is 179 Å². The third-order valence-electron chi connectivity index (χ3n) is 5.57. The molecule has 0 spiro atoms.